The van der Waals surface area contributed by atoms with E-state index in [4.69, 9.17) is 11.5 Å². The van der Waals surface area contributed by atoms with Crippen LogP contribution in [0.4, 0.5) is 0 Å². The molecule has 13 nitrogen and oxygen atoms in total. The number of carboxylic acids is 1. The Balaban J connectivity index is 5.31. The number of nitrogens with one attached hydrogen (secondary N) is 3. The topological polar surface area (TPSA) is 234 Å². The molecule has 6 atom stereocenters. The summed E-state index contributed by atoms with van der Waals surface area (Å²) in [6, 6.07) is -5.52. The first-order valence-electron chi connectivity index (χ1n) is 10.2. The van der Waals surface area contributed by atoms with Crippen LogP contribution in [0.25, 0.3) is 0 Å². The average Bonchev–Trinajstić information content (AvgIpc) is 2.66. The van der Waals surface area contributed by atoms with E-state index in [0.29, 0.717) is 0 Å². The molecule has 0 saturated carbocycles. The first-order valence-corrected chi connectivity index (χ1v) is 10.2. The van der Waals surface area contributed by atoms with Crippen LogP contribution in [-0.4, -0.2) is 81.3 Å². The maximum atomic E-state index is 12.6. The Hall–Kier alpha value is -2.77. The van der Waals surface area contributed by atoms with Crippen molar-refractivity contribution in [2.24, 2.45) is 17.4 Å². The molecule has 0 spiro atoms. The molecular weight excluding hydrogens is 426 g/mol. The number of nitrogens with two attached hydrogens (primary N) is 2. The van der Waals surface area contributed by atoms with Gasteiger partial charge in [0.2, 0.25) is 23.6 Å². The number of rotatable bonds is 14. The Morgan fingerprint density at radius 3 is 1.62 bits per heavy atom. The third kappa shape index (κ3) is 10.5. The molecule has 0 heterocycles. The van der Waals surface area contributed by atoms with Crippen LogP contribution in [0.3, 0.4) is 0 Å². The minimum atomic E-state index is -1.56. The lowest BCUT2D eigenvalue weighted by atomic mass is 10.0. The van der Waals surface area contributed by atoms with Gasteiger partial charge in [0.1, 0.15) is 18.1 Å². The van der Waals surface area contributed by atoms with Crippen molar-refractivity contribution in [1.29, 1.82) is 0 Å². The van der Waals surface area contributed by atoms with Crippen molar-refractivity contribution in [3.8, 4) is 0 Å². The van der Waals surface area contributed by atoms with E-state index >= 15 is 0 Å². The maximum absolute atomic E-state index is 12.6. The number of aliphatic carboxylic acids is 1. The first kappa shape index (κ1) is 29.2. The fourth-order valence-corrected chi connectivity index (χ4v) is 2.70. The third-order valence-corrected chi connectivity index (χ3v) is 4.49. The van der Waals surface area contributed by atoms with Gasteiger partial charge in [0.05, 0.1) is 18.2 Å². The molecule has 0 rings (SSSR count). The highest BCUT2D eigenvalue weighted by Gasteiger charge is 2.34. The highest BCUT2D eigenvalue weighted by molar-refractivity contribution is 5.94. The molecule has 0 aromatic rings. The van der Waals surface area contributed by atoms with Gasteiger partial charge in [-0.3, -0.25) is 19.2 Å². The fraction of sp³-hybridized carbons (Fsp3) is 0.737. The number of carbonyl (C=O) groups is 5. The predicted molar refractivity (Wildman–Crippen MR) is 113 cm³/mol. The smallest absolute Gasteiger partial charge is 0.326 e. The molecule has 32 heavy (non-hydrogen) atoms. The SMILES string of the molecule is CC(C)CC(NC(=O)C(NC(=O)C(NC(=O)C(N)CCC(N)=O)C(C)O)C(C)O)C(=O)O. The summed E-state index contributed by atoms with van der Waals surface area (Å²) in [7, 11) is 0. The summed E-state index contributed by atoms with van der Waals surface area (Å²) < 4.78 is 0. The first-order chi connectivity index (χ1) is 14.7. The Morgan fingerprint density at radius 2 is 1.25 bits per heavy atom. The second-order valence-corrected chi connectivity index (χ2v) is 8.09. The van der Waals surface area contributed by atoms with Gasteiger partial charge in [-0.2, -0.15) is 0 Å². The van der Waals surface area contributed by atoms with Crippen LogP contribution < -0.4 is 27.4 Å². The van der Waals surface area contributed by atoms with Crippen LogP contribution >= 0.6 is 0 Å². The fourth-order valence-electron chi connectivity index (χ4n) is 2.70. The van der Waals surface area contributed by atoms with Crippen LogP contribution in [0.1, 0.15) is 47.0 Å². The van der Waals surface area contributed by atoms with Crippen molar-refractivity contribution in [2.75, 3.05) is 0 Å². The monoisotopic (exact) mass is 461 g/mol. The summed E-state index contributed by atoms with van der Waals surface area (Å²) in [6.45, 7) is 5.94. The van der Waals surface area contributed by atoms with Gasteiger partial charge >= 0.3 is 5.97 Å². The molecule has 0 radical (unpaired) electrons. The number of aliphatic hydroxyl groups is 2. The molecule has 0 saturated heterocycles. The molecule has 0 aliphatic heterocycles. The minimum absolute atomic E-state index is 0.0513. The van der Waals surface area contributed by atoms with Gasteiger partial charge in [-0.05, 0) is 32.6 Å². The second-order valence-electron chi connectivity index (χ2n) is 8.09. The number of aliphatic hydroxyl groups excluding tert-OH is 2. The van der Waals surface area contributed by atoms with Gasteiger partial charge in [0.25, 0.3) is 0 Å². The van der Waals surface area contributed by atoms with Crippen molar-refractivity contribution in [2.45, 2.75) is 83.3 Å². The highest BCUT2D eigenvalue weighted by atomic mass is 16.4. The van der Waals surface area contributed by atoms with E-state index in [9.17, 15) is 39.3 Å². The van der Waals surface area contributed by atoms with Crippen molar-refractivity contribution < 1.29 is 39.3 Å². The summed E-state index contributed by atoms with van der Waals surface area (Å²) >= 11 is 0. The van der Waals surface area contributed by atoms with Gasteiger partial charge < -0.3 is 42.7 Å². The normalized spacial score (nSPS) is 16.8. The average molecular weight is 462 g/mol. The standard InChI is InChI=1S/C19H35N5O8/c1-8(2)7-12(19(31)32)22-17(29)14(9(3)25)24-18(30)15(10(4)26)23-16(28)11(20)5-6-13(21)27/h8-12,14-15,25-26H,5-7,20H2,1-4H3,(H2,21,27)(H,22,29)(H,23,28)(H,24,30)(H,31,32). The van der Waals surface area contributed by atoms with Gasteiger partial charge in [-0.25, -0.2) is 4.79 Å². The second kappa shape index (κ2) is 13.6. The lowest BCUT2D eigenvalue weighted by Gasteiger charge is -2.27. The van der Waals surface area contributed by atoms with Gasteiger partial charge in [-0.15, -0.1) is 0 Å². The van der Waals surface area contributed by atoms with Gasteiger partial charge in [0, 0.05) is 6.42 Å². The zero-order valence-electron chi connectivity index (χ0n) is 18.7. The van der Waals surface area contributed by atoms with E-state index in [0.717, 1.165) is 0 Å². The van der Waals surface area contributed by atoms with E-state index in [-0.39, 0.29) is 25.2 Å². The summed E-state index contributed by atoms with van der Waals surface area (Å²) in [5.41, 5.74) is 10.6. The molecule has 0 aliphatic carbocycles. The number of hydrogen-bond donors (Lipinski definition) is 8. The van der Waals surface area contributed by atoms with E-state index in [1.165, 1.54) is 13.8 Å². The van der Waals surface area contributed by atoms with Crippen LogP contribution in [0, 0.1) is 5.92 Å². The summed E-state index contributed by atoms with van der Waals surface area (Å²) in [5.74, 6) is -4.79. The quantitative estimate of drug-likeness (QED) is 0.131. The lowest BCUT2D eigenvalue weighted by Crippen LogP contribution is -2.61. The molecule has 6 unspecified atom stereocenters. The zero-order valence-corrected chi connectivity index (χ0v) is 18.7. The Bertz CT molecular complexity index is 683. The number of amides is 4. The number of primary amides is 1. The maximum Gasteiger partial charge on any atom is 0.326 e. The molecule has 184 valence electrons. The Kier molecular flexibility index (Phi) is 12.4. The Labute approximate surface area is 186 Å². The van der Waals surface area contributed by atoms with Gasteiger partial charge in [0.15, 0.2) is 0 Å². The largest absolute Gasteiger partial charge is 0.480 e. The third-order valence-electron chi connectivity index (χ3n) is 4.49. The molecule has 0 bridgehead atoms. The number of carboxylic acid groups (broad SMARTS) is 1. The van der Waals surface area contributed by atoms with Crippen LogP contribution in [0.5, 0.6) is 0 Å². The molecule has 10 N–H and O–H groups in total. The summed E-state index contributed by atoms with van der Waals surface area (Å²) in [4.78, 5) is 59.5. The molecule has 0 aliphatic rings. The van der Waals surface area contributed by atoms with Crippen molar-refractivity contribution >= 4 is 29.6 Å². The van der Waals surface area contributed by atoms with Crippen LogP contribution in [0.15, 0.2) is 0 Å². The molecule has 0 aromatic heterocycles. The minimum Gasteiger partial charge on any atom is -0.480 e. The zero-order chi connectivity index (χ0) is 25.2. The van der Waals surface area contributed by atoms with Crippen molar-refractivity contribution in [3.63, 3.8) is 0 Å². The molecule has 13 heteroatoms. The molecular formula is C19H35N5O8. The lowest BCUT2D eigenvalue weighted by molar-refractivity contribution is -0.143. The van der Waals surface area contributed by atoms with Crippen molar-refractivity contribution in [1.82, 2.24) is 16.0 Å². The molecule has 0 aromatic carbocycles. The van der Waals surface area contributed by atoms with E-state index in [1.807, 2.05) is 0 Å². The van der Waals surface area contributed by atoms with Crippen LogP contribution in [0.2, 0.25) is 0 Å². The Morgan fingerprint density at radius 1 is 0.812 bits per heavy atom. The van der Waals surface area contributed by atoms with E-state index < -0.39 is 66.0 Å². The highest BCUT2D eigenvalue weighted by Crippen LogP contribution is 2.07. The van der Waals surface area contributed by atoms with Gasteiger partial charge in [-0.1, -0.05) is 13.8 Å². The number of hydrogen-bond acceptors (Lipinski definition) is 8. The molecule has 0 fully saturated rings. The summed E-state index contributed by atoms with van der Waals surface area (Å²) in [6.07, 6.45) is -2.95. The number of carbonyl (C=O) groups excluding carboxylic acids is 4. The summed E-state index contributed by atoms with van der Waals surface area (Å²) in [5, 5.41) is 35.8. The van der Waals surface area contributed by atoms with E-state index in [2.05, 4.69) is 16.0 Å². The molecule has 4 amide bonds. The van der Waals surface area contributed by atoms with Crippen molar-refractivity contribution in [3.05, 3.63) is 0 Å². The predicted octanol–water partition coefficient (Wildman–Crippen LogP) is -3.07. The van der Waals surface area contributed by atoms with E-state index in [1.54, 1.807) is 13.8 Å². The van der Waals surface area contributed by atoms with Crippen LogP contribution in [-0.2, 0) is 24.0 Å².